The molecule has 0 radical (unpaired) electrons. The summed E-state index contributed by atoms with van der Waals surface area (Å²) in [5.41, 5.74) is 2.26. The average molecular weight is 314 g/mol. The van der Waals surface area contributed by atoms with Crippen molar-refractivity contribution in [3.8, 4) is 0 Å². The van der Waals surface area contributed by atoms with Crippen molar-refractivity contribution in [2.75, 3.05) is 6.61 Å². The van der Waals surface area contributed by atoms with E-state index in [9.17, 15) is 15.2 Å². The molecule has 23 heavy (non-hydrogen) atoms. The summed E-state index contributed by atoms with van der Waals surface area (Å²) in [7, 11) is 0. The number of aliphatic hydroxyl groups is 1. The number of hydrogen-bond donors (Lipinski definition) is 2. The van der Waals surface area contributed by atoms with Gasteiger partial charge in [0.15, 0.2) is 0 Å². The van der Waals surface area contributed by atoms with E-state index in [1.807, 2.05) is 30.3 Å². The first-order chi connectivity index (χ1) is 11.1. The van der Waals surface area contributed by atoms with E-state index >= 15 is 0 Å². The lowest BCUT2D eigenvalue weighted by molar-refractivity contribution is -0.384. The molecule has 2 atom stereocenters. The Labute approximate surface area is 136 Å². The number of benzene rings is 2. The lowest BCUT2D eigenvalue weighted by Gasteiger charge is -2.22. The van der Waals surface area contributed by atoms with Crippen LogP contribution in [0.25, 0.3) is 0 Å². The van der Waals surface area contributed by atoms with Crippen LogP contribution in [0, 0.1) is 10.1 Å². The first kappa shape index (κ1) is 17.1. The van der Waals surface area contributed by atoms with E-state index in [2.05, 4.69) is 12.2 Å². The van der Waals surface area contributed by atoms with Crippen LogP contribution in [0.1, 0.15) is 30.5 Å². The van der Waals surface area contributed by atoms with Crippen LogP contribution in [0.15, 0.2) is 54.6 Å². The van der Waals surface area contributed by atoms with Gasteiger partial charge in [-0.15, -0.1) is 0 Å². The molecule has 0 fully saturated rings. The van der Waals surface area contributed by atoms with E-state index < -0.39 is 0 Å². The van der Waals surface area contributed by atoms with E-state index in [-0.39, 0.29) is 29.3 Å². The Hall–Kier alpha value is -2.24. The second-order valence-corrected chi connectivity index (χ2v) is 5.68. The van der Waals surface area contributed by atoms with Gasteiger partial charge in [0.1, 0.15) is 0 Å². The van der Waals surface area contributed by atoms with Gasteiger partial charge in [0, 0.05) is 18.2 Å². The second kappa shape index (κ2) is 8.41. The Kier molecular flexibility index (Phi) is 6.26. The molecule has 2 N–H and O–H groups in total. The van der Waals surface area contributed by atoms with Crippen molar-refractivity contribution >= 4 is 5.69 Å². The van der Waals surface area contributed by atoms with Crippen molar-refractivity contribution in [2.45, 2.75) is 31.8 Å². The fourth-order valence-electron chi connectivity index (χ4n) is 2.53. The SMILES string of the molecule is CC(CCc1ccc([N+](=O)[O-])cc1)N[C@@H](CO)c1ccccc1. The summed E-state index contributed by atoms with van der Waals surface area (Å²) in [6, 6.07) is 16.7. The number of aliphatic hydroxyl groups excluding tert-OH is 1. The monoisotopic (exact) mass is 314 g/mol. The molecule has 0 aliphatic rings. The van der Waals surface area contributed by atoms with Gasteiger partial charge in [0.05, 0.1) is 17.6 Å². The molecule has 0 aliphatic heterocycles. The maximum Gasteiger partial charge on any atom is 0.269 e. The molecule has 5 nitrogen and oxygen atoms in total. The Morgan fingerprint density at radius 2 is 1.78 bits per heavy atom. The molecule has 2 aromatic carbocycles. The quantitative estimate of drug-likeness (QED) is 0.579. The minimum Gasteiger partial charge on any atom is -0.394 e. The molecule has 2 rings (SSSR count). The van der Waals surface area contributed by atoms with Gasteiger partial charge in [-0.05, 0) is 30.9 Å². The first-order valence-corrected chi connectivity index (χ1v) is 7.75. The molecule has 0 aromatic heterocycles. The van der Waals surface area contributed by atoms with Gasteiger partial charge in [-0.2, -0.15) is 0 Å². The Morgan fingerprint density at radius 3 is 2.35 bits per heavy atom. The van der Waals surface area contributed by atoms with Gasteiger partial charge in [-0.1, -0.05) is 42.5 Å². The standard InChI is InChI=1S/C18H22N2O3/c1-14(19-18(13-21)16-5-3-2-4-6-16)7-8-15-9-11-17(12-10-15)20(22)23/h2-6,9-12,14,18-19,21H,7-8,13H2,1H3/t14?,18-/m0/s1. The molecule has 0 heterocycles. The van der Waals surface area contributed by atoms with Crippen LogP contribution in [0.2, 0.25) is 0 Å². The predicted molar refractivity (Wildman–Crippen MR) is 90.3 cm³/mol. The number of non-ortho nitro benzene ring substituents is 1. The molecule has 5 heteroatoms. The van der Waals surface area contributed by atoms with Crippen molar-refractivity contribution in [1.29, 1.82) is 0 Å². The van der Waals surface area contributed by atoms with Gasteiger partial charge in [0.25, 0.3) is 5.69 Å². The van der Waals surface area contributed by atoms with Crippen LogP contribution in [0.4, 0.5) is 5.69 Å². The molecular formula is C18H22N2O3. The molecule has 1 unspecified atom stereocenters. The summed E-state index contributed by atoms with van der Waals surface area (Å²) in [4.78, 5) is 10.3. The summed E-state index contributed by atoms with van der Waals surface area (Å²) >= 11 is 0. The van der Waals surface area contributed by atoms with E-state index in [0.717, 1.165) is 24.0 Å². The molecule has 2 aromatic rings. The average Bonchev–Trinajstić information content (AvgIpc) is 2.59. The second-order valence-electron chi connectivity index (χ2n) is 5.68. The number of nitro benzene ring substituents is 1. The van der Waals surface area contributed by atoms with Crippen molar-refractivity contribution in [3.63, 3.8) is 0 Å². The van der Waals surface area contributed by atoms with Crippen molar-refractivity contribution in [2.24, 2.45) is 0 Å². The van der Waals surface area contributed by atoms with E-state index in [0.29, 0.717) is 0 Å². The highest BCUT2D eigenvalue weighted by Crippen LogP contribution is 2.16. The zero-order valence-electron chi connectivity index (χ0n) is 13.2. The van der Waals surface area contributed by atoms with E-state index in [4.69, 9.17) is 0 Å². The van der Waals surface area contributed by atoms with Crippen LogP contribution >= 0.6 is 0 Å². The highest BCUT2D eigenvalue weighted by Gasteiger charge is 2.13. The van der Waals surface area contributed by atoms with Gasteiger partial charge in [-0.3, -0.25) is 10.1 Å². The minimum absolute atomic E-state index is 0.0475. The van der Waals surface area contributed by atoms with Crippen LogP contribution in [0.5, 0.6) is 0 Å². The summed E-state index contributed by atoms with van der Waals surface area (Å²) in [5.74, 6) is 0. The van der Waals surface area contributed by atoms with Gasteiger partial charge in [-0.25, -0.2) is 0 Å². The summed E-state index contributed by atoms with van der Waals surface area (Å²) in [6.07, 6.45) is 1.72. The topological polar surface area (TPSA) is 75.4 Å². The summed E-state index contributed by atoms with van der Waals surface area (Å²) in [5, 5.41) is 23.6. The highest BCUT2D eigenvalue weighted by atomic mass is 16.6. The van der Waals surface area contributed by atoms with Gasteiger partial charge in [0.2, 0.25) is 0 Å². The smallest absolute Gasteiger partial charge is 0.269 e. The lowest BCUT2D eigenvalue weighted by Crippen LogP contribution is -2.33. The number of nitrogens with one attached hydrogen (secondary N) is 1. The number of nitrogens with zero attached hydrogens (tertiary/aromatic N) is 1. The fourth-order valence-corrected chi connectivity index (χ4v) is 2.53. The fraction of sp³-hybridized carbons (Fsp3) is 0.333. The molecule has 0 spiro atoms. The van der Waals surface area contributed by atoms with Crippen molar-refractivity contribution in [3.05, 3.63) is 75.8 Å². The summed E-state index contributed by atoms with van der Waals surface area (Å²) in [6.45, 7) is 2.13. The third-order valence-electron chi connectivity index (χ3n) is 3.88. The Balaban J connectivity index is 1.86. The molecule has 0 bridgehead atoms. The largest absolute Gasteiger partial charge is 0.394 e. The van der Waals surface area contributed by atoms with Crippen molar-refractivity contribution < 1.29 is 10.0 Å². The zero-order valence-corrected chi connectivity index (χ0v) is 13.2. The Morgan fingerprint density at radius 1 is 1.13 bits per heavy atom. The first-order valence-electron chi connectivity index (χ1n) is 7.75. The van der Waals surface area contributed by atoms with Crippen molar-refractivity contribution in [1.82, 2.24) is 5.32 Å². The maximum absolute atomic E-state index is 10.6. The molecule has 0 aliphatic carbocycles. The maximum atomic E-state index is 10.6. The van der Waals surface area contributed by atoms with Crippen LogP contribution < -0.4 is 5.32 Å². The van der Waals surface area contributed by atoms with Crippen LogP contribution in [0.3, 0.4) is 0 Å². The highest BCUT2D eigenvalue weighted by molar-refractivity contribution is 5.32. The number of aryl methyl sites for hydroxylation is 1. The number of hydrogen-bond acceptors (Lipinski definition) is 4. The van der Waals surface area contributed by atoms with E-state index in [1.54, 1.807) is 12.1 Å². The number of nitro groups is 1. The molecule has 0 saturated carbocycles. The normalized spacial score (nSPS) is 13.5. The molecule has 0 amide bonds. The lowest BCUT2D eigenvalue weighted by atomic mass is 10.0. The summed E-state index contributed by atoms with van der Waals surface area (Å²) < 4.78 is 0. The van der Waals surface area contributed by atoms with E-state index in [1.165, 1.54) is 12.1 Å². The third-order valence-corrected chi connectivity index (χ3v) is 3.88. The molecular weight excluding hydrogens is 292 g/mol. The third kappa shape index (κ3) is 5.16. The number of rotatable bonds is 8. The van der Waals surface area contributed by atoms with Gasteiger partial charge < -0.3 is 10.4 Å². The molecule has 0 saturated heterocycles. The Bertz CT molecular complexity index is 614. The van der Waals surface area contributed by atoms with Gasteiger partial charge >= 0.3 is 0 Å². The van der Waals surface area contributed by atoms with Crippen LogP contribution in [-0.4, -0.2) is 22.7 Å². The minimum atomic E-state index is -0.389. The zero-order chi connectivity index (χ0) is 16.7. The molecule has 122 valence electrons. The van der Waals surface area contributed by atoms with Crippen LogP contribution in [-0.2, 0) is 6.42 Å². The predicted octanol–water partition coefficient (Wildman–Crippen LogP) is 3.24.